The third-order valence-corrected chi connectivity index (χ3v) is 6.94. The van der Waals surface area contributed by atoms with Gasteiger partial charge in [0, 0.05) is 44.5 Å². The van der Waals surface area contributed by atoms with Crippen molar-refractivity contribution in [1.29, 1.82) is 0 Å². The van der Waals surface area contributed by atoms with E-state index in [-0.39, 0.29) is 24.7 Å². The molecular weight excluding hydrogens is 406 g/mol. The van der Waals surface area contributed by atoms with E-state index >= 15 is 0 Å². The number of aliphatic hydroxyl groups excluding tert-OH is 1. The standard InChI is InChI=1S/C26H47NO5/c1-2-3-4-5-6-7-10-13-18-32-24-21-23(28)26(27-16-19-31-20-17-27)22(24)14-11-8-9-12-15-25(29)30/h8-9,22-24,26,28H,2-7,10-21H2,1H3,(H,29,30)/b9-8-/t22-,23+,24-,26+/m0/s1. The molecule has 32 heavy (non-hydrogen) atoms. The van der Waals surface area contributed by atoms with Crippen LogP contribution in [0.15, 0.2) is 12.2 Å². The lowest BCUT2D eigenvalue weighted by Crippen LogP contribution is -2.50. The third kappa shape index (κ3) is 10.3. The molecule has 0 aromatic heterocycles. The van der Waals surface area contributed by atoms with Gasteiger partial charge in [0.05, 0.1) is 25.4 Å². The number of nitrogens with zero attached hydrogens (tertiary/aromatic N) is 1. The summed E-state index contributed by atoms with van der Waals surface area (Å²) < 4.78 is 11.9. The maximum atomic E-state index is 10.9. The Hall–Kier alpha value is -0.950. The number of aliphatic carboxylic acids is 1. The lowest BCUT2D eigenvalue weighted by Gasteiger charge is -2.38. The molecule has 2 aliphatic rings. The predicted molar refractivity (Wildman–Crippen MR) is 128 cm³/mol. The maximum Gasteiger partial charge on any atom is 0.303 e. The molecule has 1 aliphatic carbocycles. The highest BCUT2D eigenvalue weighted by atomic mass is 16.5. The van der Waals surface area contributed by atoms with Gasteiger partial charge in [-0.05, 0) is 25.7 Å². The van der Waals surface area contributed by atoms with Crippen molar-refractivity contribution in [3.8, 4) is 0 Å². The molecule has 1 aliphatic heterocycles. The molecule has 0 bridgehead atoms. The summed E-state index contributed by atoms with van der Waals surface area (Å²) >= 11 is 0. The lowest BCUT2D eigenvalue weighted by molar-refractivity contribution is -0.136. The first-order valence-electron chi connectivity index (χ1n) is 13.1. The van der Waals surface area contributed by atoms with Crippen LogP contribution in [0.1, 0.15) is 90.4 Å². The second-order valence-electron chi connectivity index (χ2n) is 9.47. The van der Waals surface area contributed by atoms with E-state index in [1.54, 1.807) is 0 Å². The van der Waals surface area contributed by atoms with Gasteiger partial charge in [0.15, 0.2) is 0 Å². The number of carbonyl (C=O) groups is 1. The fourth-order valence-electron chi connectivity index (χ4n) is 5.20. The molecule has 186 valence electrons. The quantitative estimate of drug-likeness (QED) is 0.243. The summed E-state index contributed by atoms with van der Waals surface area (Å²) in [4.78, 5) is 13.1. The number of morpholine rings is 1. The first-order valence-corrected chi connectivity index (χ1v) is 13.1. The van der Waals surface area contributed by atoms with Crippen LogP contribution in [0.2, 0.25) is 0 Å². The van der Waals surface area contributed by atoms with Gasteiger partial charge >= 0.3 is 5.97 Å². The van der Waals surface area contributed by atoms with E-state index in [2.05, 4.69) is 17.9 Å². The number of unbranched alkanes of at least 4 members (excludes halogenated alkanes) is 7. The fourth-order valence-corrected chi connectivity index (χ4v) is 5.20. The van der Waals surface area contributed by atoms with Crippen LogP contribution < -0.4 is 0 Å². The Bertz CT molecular complexity index is 520. The highest BCUT2D eigenvalue weighted by Crippen LogP contribution is 2.36. The first-order chi connectivity index (χ1) is 15.6. The summed E-state index contributed by atoms with van der Waals surface area (Å²) in [6.07, 6.45) is 17.5. The normalized spacial score (nSPS) is 26.8. The molecular formula is C26H47NO5. The molecule has 0 radical (unpaired) electrons. The molecule has 2 fully saturated rings. The van der Waals surface area contributed by atoms with Gasteiger partial charge in [-0.15, -0.1) is 0 Å². The summed E-state index contributed by atoms with van der Waals surface area (Å²) in [5.74, 6) is -0.448. The second kappa shape index (κ2) is 16.6. The van der Waals surface area contributed by atoms with E-state index in [1.165, 1.54) is 44.9 Å². The Labute approximate surface area is 195 Å². The van der Waals surface area contributed by atoms with E-state index < -0.39 is 5.97 Å². The van der Waals surface area contributed by atoms with Gasteiger partial charge in [0.2, 0.25) is 0 Å². The van der Waals surface area contributed by atoms with Crippen molar-refractivity contribution in [3.05, 3.63) is 12.2 Å². The van der Waals surface area contributed by atoms with Crippen molar-refractivity contribution in [1.82, 2.24) is 4.90 Å². The zero-order valence-corrected chi connectivity index (χ0v) is 20.3. The molecule has 1 heterocycles. The number of hydrogen-bond acceptors (Lipinski definition) is 5. The maximum absolute atomic E-state index is 10.9. The first kappa shape index (κ1) is 27.3. The second-order valence-corrected chi connectivity index (χ2v) is 9.47. The topological polar surface area (TPSA) is 79.2 Å². The molecule has 0 aromatic rings. The van der Waals surface area contributed by atoms with Gasteiger partial charge < -0.3 is 19.7 Å². The zero-order valence-electron chi connectivity index (χ0n) is 20.3. The van der Waals surface area contributed by atoms with Gasteiger partial charge in [0.25, 0.3) is 0 Å². The Morgan fingerprint density at radius 1 is 1.03 bits per heavy atom. The van der Waals surface area contributed by atoms with Gasteiger partial charge in [-0.2, -0.15) is 0 Å². The van der Waals surface area contributed by atoms with Crippen LogP contribution in [-0.4, -0.2) is 72.2 Å². The van der Waals surface area contributed by atoms with Gasteiger partial charge in [-0.3, -0.25) is 9.69 Å². The number of hydrogen-bond donors (Lipinski definition) is 2. The summed E-state index contributed by atoms with van der Waals surface area (Å²) in [7, 11) is 0. The van der Waals surface area contributed by atoms with Gasteiger partial charge in [-0.1, -0.05) is 64.0 Å². The van der Waals surface area contributed by atoms with Crippen LogP contribution in [0.5, 0.6) is 0 Å². The molecule has 0 spiro atoms. The van der Waals surface area contributed by atoms with E-state index in [0.29, 0.717) is 18.8 Å². The molecule has 2 rings (SSSR count). The third-order valence-electron chi connectivity index (χ3n) is 6.94. The van der Waals surface area contributed by atoms with E-state index in [1.807, 2.05) is 6.08 Å². The lowest BCUT2D eigenvalue weighted by atomic mass is 9.93. The molecule has 2 N–H and O–H groups in total. The molecule has 1 saturated carbocycles. The van der Waals surface area contributed by atoms with E-state index in [9.17, 15) is 9.90 Å². The van der Waals surface area contributed by atoms with Crippen molar-refractivity contribution in [2.45, 2.75) is 109 Å². The average Bonchev–Trinajstić information content (AvgIpc) is 3.10. The molecule has 4 atom stereocenters. The summed E-state index contributed by atoms with van der Waals surface area (Å²) in [5.41, 5.74) is 0. The summed E-state index contributed by atoms with van der Waals surface area (Å²) in [6, 6.07) is 0.134. The highest BCUT2D eigenvalue weighted by Gasteiger charge is 2.45. The number of carboxylic acid groups (broad SMARTS) is 1. The van der Waals surface area contributed by atoms with Crippen LogP contribution in [0.4, 0.5) is 0 Å². The highest BCUT2D eigenvalue weighted by molar-refractivity contribution is 5.66. The monoisotopic (exact) mass is 453 g/mol. The molecule has 6 heteroatoms. The molecule has 0 amide bonds. The minimum Gasteiger partial charge on any atom is -0.481 e. The van der Waals surface area contributed by atoms with Crippen molar-refractivity contribution >= 4 is 5.97 Å². The zero-order chi connectivity index (χ0) is 23.0. The van der Waals surface area contributed by atoms with Crippen molar-refractivity contribution in [3.63, 3.8) is 0 Å². The molecule has 0 unspecified atom stereocenters. The predicted octanol–water partition coefficient (Wildman–Crippen LogP) is 4.80. The van der Waals surface area contributed by atoms with Crippen molar-refractivity contribution in [2.75, 3.05) is 32.9 Å². The van der Waals surface area contributed by atoms with Crippen LogP contribution in [-0.2, 0) is 14.3 Å². The smallest absolute Gasteiger partial charge is 0.303 e. The largest absolute Gasteiger partial charge is 0.481 e. The number of aliphatic hydroxyl groups is 1. The van der Waals surface area contributed by atoms with Crippen LogP contribution in [0.25, 0.3) is 0 Å². The number of carboxylic acids is 1. The van der Waals surface area contributed by atoms with E-state index in [4.69, 9.17) is 14.6 Å². The minimum absolute atomic E-state index is 0.106. The van der Waals surface area contributed by atoms with Gasteiger partial charge in [-0.25, -0.2) is 0 Å². The number of ether oxygens (including phenoxy) is 2. The summed E-state index contributed by atoms with van der Waals surface area (Å²) in [5, 5.41) is 19.7. The fraction of sp³-hybridized carbons (Fsp3) is 0.885. The van der Waals surface area contributed by atoms with E-state index in [0.717, 1.165) is 52.2 Å². The molecule has 0 aromatic carbocycles. The van der Waals surface area contributed by atoms with Crippen LogP contribution >= 0.6 is 0 Å². The average molecular weight is 454 g/mol. The Kier molecular flexibility index (Phi) is 14.2. The number of rotatable bonds is 17. The Morgan fingerprint density at radius 2 is 1.69 bits per heavy atom. The Balaban J connectivity index is 1.77. The SMILES string of the molecule is CCCCCCCCCCO[C@H]1C[C@@H](O)[C@H](N2CCOCC2)[C@H]1CC/C=C\CCC(=O)O. The molecule has 6 nitrogen and oxygen atoms in total. The van der Waals surface area contributed by atoms with Crippen LogP contribution in [0, 0.1) is 5.92 Å². The molecule has 1 saturated heterocycles. The number of allylic oxidation sites excluding steroid dienone is 2. The van der Waals surface area contributed by atoms with Crippen LogP contribution in [0.3, 0.4) is 0 Å². The van der Waals surface area contributed by atoms with Gasteiger partial charge in [0.1, 0.15) is 0 Å². The minimum atomic E-state index is -0.754. The Morgan fingerprint density at radius 3 is 2.38 bits per heavy atom. The van der Waals surface area contributed by atoms with Crippen molar-refractivity contribution in [2.24, 2.45) is 5.92 Å². The summed E-state index contributed by atoms with van der Waals surface area (Å²) in [6.45, 7) is 6.25. The van der Waals surface area contributed by atoms with Crippen molar-refractivity contribution < 1.29 is 24.5 Å².